The third-order valence-corrected chi connectivity index (χ3v) is 4.65. The summed E-state index contributed by atoms with van der Waals surface area (Å²) in [5, 5.41) is 32.6. The molecule has 1 aromatic heterocycles. The van der Waals surface area contributed by atoms with Gasteiger partial charge in [-0.05, 0) is 18.1 Å². The number of nitrogens with zero attached hydrogens (tertiary/aromatic N) is 1. The number of rotatable bonds is 5. The van der Waals surface area contributed by atoms with Gasteiger partial charge in [0.2, 0.25) is 0 Å². The molecular formula is C16H14BN3O7S. The molecule has 0 bridgehead atoms. The normalized spacial score (nSPS) is 16.1. The van der Waals surface area contributed by atoms with E-state index in [1.165, 1.54) is 17.5 Å². The van der Waals surface area contributed by atoms with E-state index in [1.807, 2.05) is 0 Å². The molecule has 6 N–H and O–H groups in total. The summed E-state index contributed by atoms with van der Waals surface area (Å²) in [4.78, 5) is 38.9. The highest BCUT2D eigenvalue weighted by Crippen LogP contribution is 2.30. The SMILES string of the molecule is Nc1nc(C(=CC(=O)O)C(=O)NC2Cc3cccc(C(=O)O)c3OB2O)cs1. The molecule has 2 heterocycles. The number of hydrogen-bond acceptors (Lipinski definition) is 8. The van der Waals surface area contributed by atoms with E-state index in [9.17, 15) is 24.5 Å². The molecule has 10 nitrogen and oxygen atoms in total. The number of nitrogen functional groups attached to an aromatic ring is 1. The molecule has 1 atom stereocenters. The molecule has 1 unspecified atom stereocenters. The van der Waals surface area contributed by atoms with Crippen molar-refractivity contribution in [1.29, 1.82) is 0 Å². The van der Waals surface area contributed by atoms with E-state index in [-0.39, 0.29) is 34.1 Å². The second kappa shape index (κ2) is 7.70. The Kier molecular flexibility index (Phi) is 5.33. The van der Waals surface area contributed by atoms with Crippen molar-refractivity contribution >= 4 is 47.0 Å². The molecule has 1 aliphatic heterocycles. The lowest BCUT2D eigenvalue weighted by molar-refractivity contribution is -0.131. The fourth-order valence-corrected chi connectivity index (χ4v) is 3.32. The molecule has 28 heavy (non-hydrogen) atoms. The van der Waals surface area contributed by atoms with Crippen molar-refractivity contribution in [3.05, 3.63) is 46.5 Å². The third kappa shape index (κ3) is 3.97. The number of aliphatic carboxylic acids is 1. The monoisotopic (exact) mass is 403 g/mol. The van der Waals surface area contributed by atoms with Crippen molar-refractivity contribution in [3.8, 4) is 5.75 Å². The number of carboxylic acids is 2. The van der Waals surface area contributed by atoms with Gasteiger partial charge in [0, 0.05) is 11.5 Å². The fourth-order valence-electron chi connectivity index (χ4n) is 2.75. The van der Waals surface area contributed by atoms with E-state index < -0.39 is 30.9 Å². The van der Waals surface area contributed by atoms with Gasteiger partial charge in [-0.25, -0.2) is 14.6 Å². The minimum atomic E-state index is -1.52. The maximum Gasteiger partial charge on any atom is 0.547 e. The van der Waals surface area contributed by atoms with Gasteiger partial charge in [0.15, 0.2) is 5.13 Å². The summed E-state index contributed by atoms with van der Waals surface area (Å²) in [5.41, 5.74) is 5.76. The largest absolute Gasteiger partial charge is 0.547 e. The molecule has 12 heteroatoms. The molecule has 1 aromatic carbocycles. The predicted molar refractivity (Wildman–Crippen MR) is 99.8 cm³/mol. The van der Waals surface area contributed by atoms with Gasteiger partial charge in [0.1, 0.15) is 5.75 Å². The number of carbonyl (C=O) groups excluding carboxylic acids is 1. The Morgan fingerprint density at radius 3 is 2.71 bits per heavy atom. The first-order chi connectivity index (χ1) is 13.3. The van der Waals surface area contributed by atoms with E-state index in [0.717, 1.165) is 11.3 Å². The zero-order chi connectivity index (χ0) is 20.4. The van der Waals surface area contributed by atoms with E-state index >= 15 is 0 Å². The van der Waals surface area contributed by atoms with Crippen molar-refractivity contribution < 1.29 is 34.3 Å². The van der Waals surface area contributed by atoms with Crippen molar-refractivity contribution in [2.45, 2.75) is 12.4 Å². The minimum absolute atomic E-state index is 0.0292. The molecule has 0 saturated carbocycles. The Morgan fingerprint density at radius 1 is 1.36 bits per heavy atom. The van der Waals surface area contributed by atoms with Crippen LogP contribution in [0.3, 0.4) is 0 Å². The van der Waals surface area contributed by atoms with Crippen LogP contribution >= 0.6 is 11.3 Å². The summed E-state index contributed by atoms with van der Waals surface area (Å²) >= 11 is 1.04. The number of nitrogens with two attached hydrogens (primary N) is 1. The van der Waals surface area contributed by atoms with Crippen LogP contribution in [0.25, 0.3) is 5.57 Å². The van der Waals surface area contributed by atoms with Crippen LogP contribution in [-0.4, -0.2) is 51.1 Å². The third-order valence-electron chi connectivity index (χ3n) is 3.98. The Hall–Kier alpha value is -3.38. The van der Waals surface area contributed by atoms with Crippen LogP contribution < -0.4 is 15.7 Å². The number of fused-ring (bicyclic) bond motifs is 1. The van der Waals surface area contributed by atoms with Gasteiger partial charge in [-0.1, -0.05) is 12.1 Å². The lowest BCUT2D eigenvalue weighted by atomic mass is 9.72. The number of aromatic nitrogens is 1. The first-order valence-corrected chi connectivity index (χ1v) is 8.81. The molecule has 0 fully saturated rings. The van der Waals surface area contributed by atoms with E-state index in [4.69, 9.17) is 15.5 Å². The molecule has 0 spiro atoms. The lowest BCUT2D eigenvalue weighted by Crippen LogP contribution is -2.53. The smallest absolute Gasteiger partial charge is 0.534 e. The number of carboxylic acid groups (broad SMARTS) is 2. The summed E-state index contributed by atoms with van der Waals surface area (Å²) < 4.78 is 5.30. The lowest BCUT2D eigenvalue weighted by Gasteiger charge is -2.29. The van der Waals surface area contributed by atoms with Crippen molar-refractivity contribution in [2.24, 2.45) is 0 Å². The van der Waals surface area contributed by atoms with E-state index in [1.54, 1.807) is 6.07 Å². The van der Waals surface area contributed by atoms with Gasteiger partial charge in [0.05, 0.1) is 22.8 Å². The highest BCUT2D eigenvalue weighted by molar-refractivity contribution is 7.13. The molecule has 2 aromatic rings. The number of nitrogens with one attached hydrogen (secondary N) is 1. The number of hydrogen-bond donors (Lipinski definition) is 5. The van der Waals surface area contributed by atoms with Crippen LogP contribution in [-0.2, 0) is 16.0 Å². The van der Waals surface area contributed by atoms with Crippen LogP contribution in [0.2, 0.25) is 0 Å². The number of para-hydroxylation sites is 1. The second-order valence-corrected chi connectivity index (χ2v) is 6.75. The zero-order valence-electron chi connectivity index (χ0n) is 14.2. The summed E-state index contributed by atoms with van der Waals surface area (Å²) in [6.07, 6.45) is 0.777. The Morgan fingerprint density at radius 2 is 2.11 bits per heavy atom. The maximum atomic E-state index is 12.6. The summed E-state index contributed by atoms with van der Waals surface area (Å²) in [6.45, 7) is 0. The number of aromatic carboxylic acids is 1. The first-order valence-electron chi connectivity index (χ1n) is 7.93. The number of benzene rings is 1. The van der Waals surface area contributed by atoms with Crippen molar-refractivity contribution in [3.63, 3.8) is 0 Å². The standard InChI is InChI=1S/C16H14BN3O7S/c18-16-19-10(6-28-16)9(5-12(21)22)14(23)20-11-4-7-2-1-3-8(15(24)25)13(7)27-17(11)26/h1-3,5-6,11,26H,4H2,(H2,18,19)(H,20,23)(H,21,22)(H,24,25). The van der Waals surface area contributed by atoms with Crippen molar-refractivity contribution in [2.75, 3.05) is 5.73 Å². The number of anilines is 1. The summed E-state index contributed by atoms with van der Waals surface area (Å²) in [7, 11) is -1.52. The highest BCUT2D eigenvalue weighted by Gasteiger charge is 2.38. The summed E-state index contributed by atoms with van der Waals surface area (Å²) in [5.74, 6) is -4.26. The topological polar surface area (TPSA) is 172 Å². The first kappa shape index (κ1) is 19.4. The molecule has 1 amide bonds. The molecule has 3 rings (SSSR count). The number of amides is 1. The average molecular weight is 403 g/mol. The van der Waals surface area contributed by atoms with Crippen LogP contribution in [0.4, 0.5) is 5.13 Å². The maximum absolute atomic E-state index is 12.6. The van der Waals surface area contributed by atoms with E-state index in [2.05, 4.69) is 10.3 Å². The van der Waals surface area contributed by atoms with Gasteiger partial charge in [0.25, 0.3) is 5.91 Å². The van der Waals surface area contributed by atoms with Gasteiger partial charge in [-0.15, -0.1) is 11.3 Å². The van der Waals surface area contributed by atoms with Crippen molar-refractivity contribution in [1.82, 2.24) is 10.3 Å². The molecular weight excluding hydrogens is 389 g/mol. The summed E-state index contributed by atoms with van der Waals surface area (Å²) in [6, 6.07) is 4.48. The van der Waals surface area contributed by atoms with Crippen LogP contribution in [0.15, 0.2) is 29.7 Å². The van der Waals surface area contributed by atoms with Gasteiger partial charge < -0.3 is 30.9 Å². The second-order valence-electron chi connectivity index (χ2n) is 5.86. The zero-order valence-corrected chi connectivity index (χ0v) is 15.0. The molecule has 144 valence electrons. The highest BCUT2D eigenvalue weighted by atomic mass is 32.1. The number of thiazole rings is 1. The van der Waals surface area contributed by atoms with Crippen LogP contribution in [0.1, 0.15) is 21.6 Å². The number of carbonyl (C=O) groups is 3. The minimum Gasteiger partial charge on any atom is -0.534 e. The van der Waals surface area contributed by atoms with E-state index in [0.29, 0.717) is 11.6 Å². The fraction of sp³-hybridized carbons (Fsp3) is 0.125. The van der Waals surface area contributed by atoms with Crippen LogP contribution in [0.5, 0.6) is 5.75 Å². The Balaban J connectivity index is 1.84. The molecule has 0 radical (unpaired) electrons. The van der Waals surface area contributed by atoms with Gasteiger partial charge in [-0.2, -0.15) is 0 Å². The molecule has 0 saturated heterocycles. The predicted octanol–water partition coefficient (Wildman–Crippen LogP) is 0.0311. The Bertz CT molecular complexity index is 990. The van der Waals surface area contributed by atoms with Crippen LogP contribution in [0, 0.1) is 0 Å². The quantitative estimate of drug-likeness (QED) is 0.341. The van der Waals surface area contributed by atoms with Gasteiger partial charge in [-0.3, -0.25) is 4.79 Å². The molecule has 1 aliphatic rings. The Labute approximate surface area is 162 Å². The van der Waals surface area contributed by atoms with Gasteiger partial charge >= 0.3 is 19.1 Å². The molecule has 0 aliphatic carbocycles. The average Bonchev–Trinajstić information content (AvgIpc) is 3.05.